The van der Waals surface area contributed by atoms with E-state index in [1.807, 2.05) is 97.9 Å². The van der Waals surface area contributed by atoms with Crippen LogP contribution in [-0.2, 0) is 33.2 Å². The number of rotatable bonds is 20. The molecule has 4 aromatic carbocycles. The minimum absolute atomic E-state index is 0.0759. The van der Waals surface area contributed by atoms with Gasteiger partial charge in [-0.1, -0.05) is 112 Å². The molecule has 0 bridgehead atoms. The maximum Gasteiger partial charge on any atom is 0.355 e. The molecule has 0 radical (unpaired) electrons. The van der Waals surface area contributed by atoms with Gasteiger partial charge in [-0.05, 0) is 66.4 Å². The molecule has 0 saturated heterocycles. The first kappa shape index (κ1) is 36.5. The Hall–Kier alpha value is -4.33. The molecule has 1 N–H and O–H groups in total. The number of carbonyl (C=O) groups excluding carboxylic acids is 1. The first-order chi connectivity index (χ1) is 23.4. The fourth-order valence-corrected chi connectivity index (χ4v) is 6.05. The Morgan fingerprint density at radius 1 is 0.688 bits per heavy atom. The molecular weight excluding hydrogens is 604 g/mol. The third kappa shape index (κ3) is 9.61. The highest BCUT2D eigenvalue weighted by Crippen LogP contribution is 2.43. The largest absolute Gasteiger partial charge is 0.497 e. The number of hydrogen-bond donors (Lipinski definition) is 1. The molecule has 0 atom stereocenters. The van der Waals surface area contributed by atoms with E-state index < -0.39 is 11.6 Å². The molecule has 0 spiro atoms. The van der Waals surface area contributed by atoms with Gasteiger partial charge in [0.1, 0.15) is 17.1 Å². The van der Waals surface area contributed by atoms with E-state index in [2.05, 4.69) is 6.92 Å². The summed E-state index contributed by atoms with van der Waals surface area (Å²) in [6.07, 6.45) is 9.32. The van der Waals surface area contributed by atoms with Crippen molar-refractivity contribution in [2.24, 2.45) is 0 Å². The number of aliphatic hydroxyl groups excluding tert-OH is 1. The SMILES string of the molecule is CCCCCCCCCCC(=O)OOc1c(CO)cc(C)cc1COC(c1ccccc1)(c1ccc(OC)cc1)c1ccc(OC)cc1. The van der Waals surface area contributed by atoms with E-state index in [1.54, 1.807) is 14.2 Å². The van der Waals surface area contributed by atoms with Crippen LogP contribution in [0.3, 0.4) is 0 Å². The summed E-state index contributed by atoms with van der Waals surface area (Å²) >= 11 is 0. The van der Waals surface area contributed by atoms with Crippen LogP contribution in [-0.4, -0.2) is 25.3 Å². The molecule has 0 amide bonds. The van der Waals surface area contributed by atoms with Gasteiger partial charge >= 0.3 is 5.97 Å². The molecule has 0 aliphatic heterocycles. The molecule has 4 aromatic rings. The topological polar surface area (TPSA) is 83.5 Å². The lowest BCUT2D eigenvalue weighted by molar-refractivity contribution is -0.214. The minimum Gasteiger partial charge on any atom is -0.497 e. The second-order valence-electron chi connectivity index (χ2n) is 12.1. The monoisotopic (exact) mass is 654 g/mol. The molecule has 0 aliphatic rings. The van der Waals surface area contributed by atoms with E-state index >= 15 is 0 Å². The summed E-state index contributed by atoms with van der Waals surface area (Å²) in [5.74, 6) is 1.29. The van der Waals surface area contributed by atoms with Crippen LogP contribution >= 0.6 is 0 Å². The molecule has 0 unspecified atom stereocenters. The van der Waals surface area contributed by atoms with Crippen LogP contribution in [0.4, 0.5) is 0 Å². The number of benzene rings is 4. The van der Waals surface area contributed by atoms with E-state index in [1.165, 1.54) is 32.1 Å². The maximum atomic E-state index is 12.7. The Morgan fingerprint density at radius 2 is 1.21 bits per heavy atom. The number of aryl methyl sites for hydroxylation is 1. The molecule has 0 fully saturated rings. The number of methoxy groups -OCH3 is 2. The Kier molecular flexibility index (Phi) is 14.3. The summed E-state index contributed by atoms with van der Waals surface area (Å²) < 4.78 is 18.0. The highest BCUT2D eigenvalue weighted by molar-refractivity contribution is 5.68. The van der Waals surface area contributed by atoms with E-state index in [0.717, 1.165) is 53.0 Å². The summed E-state index contributed by atoms with van der Waals surface area (Å²) in [6, 6.07) is 29.4. The molecular formula is C41H50O7. The fourth-order valence-electron chi connectivity index (χ4n) is 6.05. The number of aliphatic hydroxyl groups is 1. The van der Waals surface area contributed by atoms with Crippen molar-refractivity contribution in [3.8, 4) is 17.2 Å². The van der Waals surface area contributed by atoms with Crippen LogP contribution in [0.2, 0.25) is 0 Å². The number of carbonyl (C=O) groups is 1. The first-order valence-corrected chi connectivity index (χ1v) is 17.0. The number of ether oxygens (including phenoxy) is 3. The van der Waals surface area contributed by atoms with Crippen molar-refractivity contribution in [1.29, 1.82) is 0 Å². The van der Waals surface area contributed by atoms with Gasteiger partial charge in [-0.3, -0.25) is 9.78 Å². The highest BCUT2D eigenvalue weighted by atomic mass is 17.2. The predicted molar refractivity (Wildman–Crippen MR) is 188 cm³/mol. The quantitative estimate of drug-likeness (QED) is 0.0440. The summed E-state index contributed by atoms with van der Waals surface area (Å²) in [6.45, 7) is 3.94. The zero-order valence-electron chi connectivity index (χ0n) is 28.8. The Balaban J connectivity index is 1.61. The molecule has 4 rings (SSSR count). The lowest BCUT2D eigenvalue weighted by atomic mass is 9.80. The van der Waals surface area contributed by atoms with E-state index in [-0.39, 0.29) is 25.4 Å². The highest BCUT2D eigenvalue weighted by Gasteiger charge is 2.38. The van der Waals surface area contributed by atoms with Crippen molar-refractivity contribution >= 4 is 5.97 Å². The van der Waals surface area contributed by atoms with Crippen molar-refractivity contribution < 1.29 is 33.9 Å². The summed E-state index contributed by atoms with van der Waals surface area (Å²) in [5.41, 5.74) is 3.67. The van der Waals surface area contributed by atoms with Crippen LogP contribution < -0.4 is 14.4 Å². The fraction of sp³-hybridized carbons (Fsp3) is 0.390. The molecule has 0 aliphatic carbocycles. The Labute approximate surface area is 285 Å². The summed E-state index contributed by atoms with van der Waals surface area (Å²) in [4.78, 5) is 23.7. The van der Waals surface area contributed by atoms with Gasteiger partial charge in [0.25, 0.3) is 0 Å². The first-order valence-electron chi connectivity index (χ1n) is 17.0. The zero-order valence-corrected chi connectivity index (χ0v) is 28.8. The van der Waals surface area contributed by atoms with Gasteiger partial charge in [-0.25, -0.2) is 4.79 Å². The standard InChI is InChI=1S/C41H50O7/c1-5-6-7-8-9-10-11-15-18-39(43)47-48-40-32(29-42)27-31(2)28-33(40)30-46-41(34-16-13-12-14-17-34,35-19-23-37(44-3)24-20-35)36-21-25-38(45-4)26-22-36/h12-14,16-17,19-28,42H,5-11,15,18,29-30H2,1-4H3. The third-order valence-corrected chi connectivity index (χ3v) is 8.63. The van der Waals surface area contributed by atoms with Crippen LogP contribution in [0.5, 0.6) is 17.2 Å². The second-order valence-corrected chi connectivity index (χ2v) is 12.1. The molecule has 256 valence electrons. The molecule has 0 saturated carbocycles. The summed E-state index contributed by atoms with van der Waals surface area (Å²) in [5, 5.41) is 10.3. The van der Waals surface area contributed by atoms with Gasteiger partial charge in [0.15, 0.2) is 5.75 Å². The molecule has 0 heterocycles. The van der Waals surface area contributed by atoms with Crippen LogP contribution in [0.15, 0.2) is 91.0 Å². The Bertz CT molecular complexity index is 1480. The van der Waals surface area contributed by atoms with Gasteiger partial charge in [0.2, 0.25) is 0 Å². The smallest absolute Gasteiger partial charge is 0.355 e. The van der Waals surface area contributed by atoms with Crippen molar-refractivity contribution in [3.05, 3.63) is 124 Å². The molecule has 7 nitrogen and oxygen atoms in total. The van der Waals surface area contributed by atoms with Crippen LogP contribution in [0.25, 0.3) is 0 Å². The minimum atomic E-state index is -1.06. The number of unbranched alkanes of at least 4 members (excludes halogenated alkanes) is 7. The van der Waals surface area contributed by atoms with Crippen molar-refractivity contribution in [1.82, 2.24) is 0 Å². The van der Waals surface area contributed by atoms with Crippen LogP contribution in [0, 0.1) is 6.92 Å². The van der Waals surface area contributed by atoms with Crippen LogP contribution in [0.1, 0.15) is 98.1 Å². The van der Waals surface area contributed by atoms with Gasteiger partial charge in [0.05, 0.1) is 33.9 Å². The lowest BCUT2D eigenvalue weighted by Gasteiger charge is -2.36. The van der Waals surface area contributed by atoms with Gasteiger partial charge in [0, 0.05) is 11.1 Å². The van der Waals surface area contributed by atoms with Crippen molar-refractivity contribution in [2.75, 3.05) is 14.2 Å². The summed E-state index contributed by atoms with van der Waals surface area (Å²) in [7, 11) is 3.28. The molecule has 7 heteroatoms. The average Bonchev–Trinajstić information content (AvgIpc) is 3.13. The maximum absolute atomic E-state index is 12.7. The zero-order chi connectivity index (χ0) is 34.2. The second kappa shape index (κ2) is 18.9. The van der Waals surface area contributed by atoms with Gasteiger partial charge in [-0.2, -0.15) is 0 Å². The lowest BCUT2D eigenvalue weighted by Crippen LogP contribution is -2.33. The van der Waals surface area contributed by atoms with E-state index in [9.17, 15) is 9.90 Å². The van der Waals surface area contributed by atoms with Gasteiger partial charge in [-0.15, -0.1) is 0 Å². The molecule has 48 heavy (non-hydrogen) atoms. The van der Waals surface area contributed by atoms with Gasteiger partial charge < -0.3 is 19.3 Å². The van der Waals surface area contributed by atoms with E-state index in [0.29, 0.717) is 11.1 Å². The average molecular weight is 655 g/mol. The Morgan fingerprint density at radius 3 is 1.75 bits per heavy atom. The number of hydrogen-bond acceptors (Lipinski definition) is 7. The van der Waals surface area contributed by atoms with Crippen molar-refractivity contribution in [3.63, 3.8) is 0 Å². The van der Waals surface area contributed by atoms with E-state index in [4.69, 9.17) is 24.0 Å². The third-order valence-electron chi connectivity index (χ3n) is 8.63. The van der Waals surface area contributed by atoms with Crippen molar-refractivity contribution in [2.45, 2.75) is 90.4 Å². The molecule has 0 aromatic heterocycles. The predicted octanol–water partition coefficient (Wildman–Crippen LogP) is 9.38. The normalized spacial score (nSPS) is 11.3.